The van der Waals surface area contributed by atoms with Gasteiger partial charge in [-0.05, 0) is 41.0 Å². The summed E-state index contributed by atoms with van der Waals surface area (Å²) in [5, 5.41) is 0. The molecule has 2 heterocycles. The number of aliphatic imine (C=N–C) groups is 1. The molecule has 4 rings (SSSR count). The molecule has 0 aliphatic carbocycles. The van der Waals surface area contributed by atoms with Gasteiger partial charge in [0, 0.05) is 18.8 Å². The third-order valence-corrected chi connectivity index (χ3v) is 5.18. The van der Waals surface area contributed by atoms with Gasteiger partial charge in [-0.1, -0.05) is 36.4 Å². The number of hydrogen-bond donors (Lipinski definition) is 1. The van der Waals surface area contributed by atoms with Gasteiger partial charge in [-0.15, -0.1) is 0 Å². The van der Waals surface area contributed by atoms with Gasteiger partial charge in [0.25, 0.3) is 5.91 Å². The number of alkyl halides is 3. The minimum Gasteiger partial charge on any atom is -0.369 e. The standard InChI is InChI=1S/C22H16F4N4O/c1-30-19(31)21(29-20(30)27,15-9-10-28-18(12-15)22(24,25)26)14-7-8-17(23)16(11-14)13-5-3-2-4-6-13/h2-12H,1H3,(H2,27,29). The summed E-state index contributed by atoms with van der Waals surface area (Å²) < 4.78 is 54.5. The van der Waals surface area contributed by atoms with Crippen molar-refractivity contribution in [3.8, 4) is 11.1 Å². The van der Waals surface area contributed by atoms with E-state index in [0.717, 1.165) is 23.2 Å². The molecule has 0 radical (unpaired) electrons. The summed E-state index contributed by atoms with van der Waals surface area (Å²) in [6, 6.07) is 14.5. The van der Waals surface area contributed by atoms with Gasteiger partial charge in [0.15, 0.2) is 11.5 Å². The van der Waals surface area contributed by atoms with E-state index >= 15 is 0 Å². The van der Waals surface area contributed by atoms with Crippen molar-refractivity contribution in [2.45, 2.75) is 11.7 Å². The number of rotatable bonds is 3. The van der Waals surface area contributed by atoms with Crippen LogP contribution in [0.5, 0.6) is 0 Å². The predicted octanol–water partition coefficient (Wildman–Crippen LogP) is 3.94. The van der Waals surface area contributed by atoms with E-state index in [1.54, 1.807) is 30.3 Å². The molecule has 1 aliphatic rings. The molecular formula is C22H16F4N4O. The Morgan fingerprint density at radius 1 is 1.00 bits per heavy atom. The molecule has 1 amide bonds. The molecule has 0 saturated heterocycles. The van der Waals surface area contributed by atoms with Crippen molar-refractivity contribution in [3.05, 3.63) is 89.5 Å². The maximum atomic E-state index is 14.6. The Hall–Kier alpha value is -3.75. The van der Waals surface area contributed by atoms with Gasteiger partial charge in [-0.25, -0.2) is 9.38 Å². The lowest BCUT2D eigenvalue weighted by Crippen LogP contribution is -2.41. The van der Waals surface area contributed by atoms with Crippen LogP contribution in [0.2, 0.25) is 0 Å². The molecule has 3 aromatic rings. The zero-order valence-corrected chi connectivity index (χ0v) is 16.2. The Bertz CT molecular complexity index is 1190. The topological polar surface area (TPSA) is 71.6 Å². The quantitative estimate of drug-likeness (QED) is 0.643. The second-order valence-electron chi connectivity index (χ2n) is 7.03. The Morgan fingerprint density at radius 2 is 1.68 bits per heavy atom. The van der Waals surface area contributed by atoms with E-state index in [1.165, 1.54) is 25.2 Å². The predicted molar refractivity (Wildman–Crippen MR) is 106 cm³/mol. The van der Waals surface area contributed by atoms with Crippen molar-refractivity contribution in [3.63, 3.8) is 0 Å². The molecule has 5 nitrogen and oxygen atoms in total. The summed E-state index contributed by atoms with van der Waals surface area (Å²) in [6.45, 7) is 0. The number of likely N-dealkylation sites (N-methyl/N-ethyl adjacent to an activating group) is 1. The van der Waals surface area contributed by atoms with Crippen molar-refractivity contribution in [1.29, 1.82) is 0 Å². The van der Waals surface area contributed by atoms with E-state index in [2.05, 4.69) is 9.98 Å². The number of carbonyl (C=O) groups is 1. The van der Waals surface area contributed by atoms with Crippen LogP contribution < -0.4 is 5.73 Å². The summed E-state index contributed by atoms with van der Waals surface area (Å²) in [4.78, 5) is 21.9. The monoisotopic (exact) mass is 428 g/mol. The third kappa shape index (κ3) is 3.31. The number of nitrogens with zero attached hydrogens (tertiary/aromatic N) is 3. The molecule has 9 heteroatoms. The Kier molecular flexibility index (Phi) is 4.76. The van der Waals surface area contributed by atoms with Crippen molar-refractivity contribution >= 4 is 11.9 Å². The molecule has 1 aliphatic heterocycles. The molecule has 31 heavy (non-hydrogen) atoms. The first-order valence-corrected chi connectivity index (χ1v) is 9.17. The molecule has 2 aromatic carbocycles. The average Bonchev–Trinajstić information content (AvgIpc) is 2.99. The molecule has 1 aromatic heterocycles. The number of benzene rings is 2. The summed E-state index contributed by atoms with van der Waals surface area (Å²) in [7, 11) is 1.37. The highest BCUT2D eigenvalue weighted by atomic mass is 19.4. The van der Waals surface area contributed by atoms with Crippen LogP contribution in [-0.4, -0.2) is 28.8 Å². The summed E-state index contributed by atoms with van der Waals surface area (Å²) >= 11 is 0. The summed E-state index contributed by atoms with van der Waals surface area (Å²) in [5.41, 5.74) is 3.62. The first-order chi connectivity index (χ1) is 14.6. The highest BCUT2D eigenvalue weighted by molar-refractivity contribution is 6.09. The Balaban J connectivity index is 1.99. The maximum absolute atomic E-state index is 14.6. The van der Waals surface area contributed by atoms with E-state index in [1.807, 2.05) is 0 Å². The number of nitrogens with two attached hydrogens (primary N) is 1. The zero-order chi connectivity index (χ0) is 22.4. The van der Waals surface area contributed by atoms with Crippen LogP contribution in [0.4, 0.5) is 17.6 Å². The highest BCUT2D eigenvalue weighted by Crippen LogP contribution is 2.42. The van der Waals surface area contributed by atoms with E-state index in [-0.39, 0.29) is 22.6 Å². The molecule has 0 spiro atoms. The van der Waals surface area contributed by atoms with Crippen molar-refractivity contribution in [1.82, 2.24) is 9.88 Å². The van der Waals surface area contributed by atoms with E-state index in [4.69, 9.17) is 5.73 Å². The number of hydrogen-bond acceptors (Lipinski definition) is 4. The van der Waals surface area contributed by atoms with Gasteiger partial charge < -0.3 is 5.73 Å². The van der Waals surface area contributed by atoms with E-state index in [9.17, 15) is 22.4 Å². The lowest BCUT2D eigenvalue weighted by Gasteiger charge is -2.27. The fraction of sp³-hybridized carbons (Fsp3) is 0.136. The molecule has 0 bridgehead atoms. The fourth-order valence-corrected chi connectivity index (χ4v) is 3.58. The number of pyridine rings is 1. The highest BCUT2D eigenvalue weighted by Gasteiger charge is 2.50. The number of amides is 1. The zero-order valence-electron chi connectivity index (χ0n) is 16.2. The van der Waals surface area contributed by atoms with Crippen LogP contribution in [0.3, 0.4) is 0 Å². The Morgan fingerprint density at radius 3 is 2.29 bits per heavy atom. The van der Waals surface area contributed by atoms with Gasteiger partial charge in [-0.2, -0.15) is 13.2 Å². The molecule has 1 unspecified atom stereocenters. The van der Waals surface area contributed by atoms with Gasteiger partial charge in [0.1, 0.15) is 11.5 Å². The maximum Gasteiger partial charge on any atom is 0.433 e. The van der Waals surface area contributed by atoms with Crippen molar-refractivity contribution < 1.29 is 22.4 Å². The minimum absolute atomic E-state index is 0.0715. The van der Waals surface area contributed by atoms with Crippen molar-refractivity contribution in [2.75, 3.05) is 7.05 Å². The van der Waals surface area contributed by atoms with Crippen molar-refractivity contribution in [2.24, 2.45) is 10.7 Å². The third-order valence-electron chi connectivity index (χ3n) is 5.18. The molecule has 2 N–H and O–H groups in total. The van der Waals surface area contributed by atoms with Gasteiger partial charge in [0.2, 0.25) is 0 Å². The molecule has 1 atom stereocenters. The second-order valence-corrected chi connectivity index (χ2v) is 7.03. The largest absolute Gasteiger partial charge is 0.433 e. The summed E-state index contributed by atoms with van der Waals surface area (Å²) in [5.74, 6) is -1.37. The second kappa shape index (κ2) is 7.19. The van der Waals surface area contributed by atoms with Gasteiger partial charge in [-0.3, -0.25) is 14.7 Å². The smallest absolute Gasteiger partial charge is 0.369 e. The molecule has 0 fully saturated rings. The van der Waals surface area contributed by atoms with Crippen LogP contribution in [0, 0.1) is 5.82 Å². The van der Waals surface area contributed by atoms with E-state index in [0.29, 0.717) is 5.56 Å². The van der Waals surface area contributed by atoms with Gasteiger partial charge in [0.05, 0.1) is 0 Å². The summed E-state index contributed by atoms with van der Waals surface area (Å²) in [6.07, 6.45) is -3.77. The number of aromatic nitrogens is 1. The first-order valence-electron chi connectivity index (χ1n) is 9.17. The molecule has 158 valence electrons. The number of halogens is 4. The van der Waals surface area contributed by atoms with Crippen LogP contribution in [0.15, 0.2) is 71.9 Å². The average molecular weight is 428 g/mol. The number of carbonyl (C=O) groups excluding carboxylic acids is 1. The van der Waals surface area contributed by atoms with Gasteiger partial charge >= 0.3 is 6.18 Å². The SMILES string of the molecule is CN1C(=O)C(c2ccnc(C(F)(F)F)c2)(c2ccc(F)c(-c3ccccc3)c2)N=C1N. The van der Waals surface area contributed by atoms with Crippen LogP contribution in [0.1, 0.15) is 16.8 Å². The van der Waals surface area contributed by atoms with Crippen LogP contribution in [-0.2, 0) is 16.5 Å². The van der Waals surface area contributed by atoms with Crippen LogP contribution in [0.25, 0.3) is 11.1 Å². The lowest BCUT2D eigenvalue weighted by molar-refractivity contribution is -0.141. The number of guanidine groups is 1. The normalized spacial score (nSPS) is 18.9. The van der Waals surface area contributed by atoms with E-state index < -0.39 is 29.1 Å². The Labute approximate surface area is 174 Å². The molecule has 0 saturated carbocycles. The first kappa shape index (κ1) is 20.5. The molecular weight excluding hydrogens is 412 g/mol. The fourth-order valence-electron chi connectivity index (χ4n) is 3.58. The lowest BCUT2D eigenvalue weighted by atomic mass is 9.81. The minimum atomic E-state index is -4.72. The van der Waals surface area contributed by atoms with Crippen LogP contribution >= 0.6 is 0 Å².